The molecule has 2 heterocycles. The Kier molecular flexibility index (Phi) is 5.05. The number of thiazole rings is 1. The second-order valence-electron chi connectivity index (χ2n) is 6.33. The zero-order valence-corrected chi connectivity index (χ0v) is 16.9. The summed E-state index contributed by atoms with van der Waals surface area (Å²) in [5, 5.41) is 16.9. The third-order valence-electron chi connectivity index (χ3n) is 4.39. The number of nitrogens with zero attached hydrogens (tertiary/aromatic N) is 5. The van der Waals surface area contributed by atoms with E-state index in [2.05, 4.69) is 25.8 Å². The highest BCUT2D eigenvalue weighted by atomic mass is 32.1. The van der Waals surface area contributed by atoms with Crippen molar-refractivity contribution in [3.63, 3.8) is 0 Å². The number of carbonyl (C=O) groups is 1. The first-order valence-corrected chi connectivity index (χ1v) is 9.71. The smallest absolute Gasteiger partial charge is 0.275 e. The minimum absolute atomic E-state index is 0.286. The number of para-hydroxylation sites is 1. The lowest BCUT2D eigenvalue weighted by Gasteiger charge is -2.10. The molecule has 0 radical (unpaired) electrons. The standard InChI is InChI=1S/C20H18N6O2S/c1-12-8-9-14(10-17(12)26-13(2)23-24-25-26)21-19(27)16-11-29-20(22-16)15-6-4-5-7-18(15)28-3/h4-11H,1-3H3,(H,21,27). The molecule has 29 heavy (non-hydrogen) atoms. The highest BCUT2D eigenvalue weighted by Gasteiger charge is 2.15. The van der Waals surface area contributed by atoms with E-state index >= 15 is 0 Å². The number of tetrazole rings is 1. The number of carbonyl (C=O) groups excluding carboxylic acids is 1. The molecule has 0 saturated heterocycles. The fourth-order valence-electron chi connectivity index (χ4n) is 2.89. The number of rotatable bonds is 5. The Morgan fingerprint density at radius 2 is 2.00 bits per heavy atom. The van der Waals surface area contributed by atoms with E-state index in [4.69, 9.17) is 4.74 Å². The van der Waals surface area contributed by atoms with Gasteiger partial charge >= 0.3 is 0 Å². The van der Waals surface area contributed by atoms with Crippen LogP contribution in [0.25, 0.3) is 16.3 Å². The summed E-state index contributed by atoms with van der Waals surface area (Å²) in [5.74, 6) is 1.09. The van der Waals surface area contributed by atoms with E-state index in [9.17, 15) is 4.79 Å². The summed E-state index contributed by atoms with van der Waals surface area (Å²) in [6, 6.07) is 13.2. The van der Waals surface area contributed by atoms with Crippen molar-refractivity contribution < 1.29 is 9.53 Å². The summed E-state index contributed by atoms with van der Waals surface area (Å²) < 4.78 is 7.01. The Morgan fingerprint density at radius 1 is 1.17 bits per heavy atom. The lowest BCUT2D eigenvalue weighted by molar-refractivity contribution is 0.102. The highest BCUT2D eigenvalue weighted by molar-refractivity contribution is 7.13. The summed E-state index contributed by atoms with van der Waals surface area (Å²) in [7, 11) is 1.61. The predicted molar refractivity (Wildman–Crippen MR) is 111 cm³/mol. The number of methoxy groups -OCH3 is 1. The van der Waals surface area contributed by atoms with Crippen LogP contribution in [0.1, 0.15) is 21.9 Å². The van der Waals surface area contributed by atoms with Crippen LogP contribution in [0.4, 0.5) is 5.69 Å². The highest BCUT2D eigenvalue weighted by Crippen LogP contribution is 2.32. The third-order valence-corrected chi connectivity index (χ3v) is 5.27. The average molecular weight is 406 g/mol. The third kappa shape index (κ3) is 3.72. The quantitative estimate of drug-likeness (QED) is 0.543. The van der Waals surface area contributed by atoms with Crippen LogP contribution in [0.3, 0.4) is 0 Å². The molecule has 1 amide bonds. The van der Waals surface area contributed by atoms with Crippen LogP contribution in [-0.2, 0) is 0 Å². The number of anilines is 1. The van der Waals surface area contributed by atoms with Crippen LogP contribution in [0, 0.1) is 13.8 Å². The monoisotopic (exact) mass is 406 g/mol. The molecule has 0 unspecified atom stereocenters. The molecule has 146 valence electrons. The molecule has 2 aromatic carbocycles. The number of hydrogen-bond acceptors (Lipinski definition) is 7. The van der Waals surface area contributed by atoms with E-state index in [1.807, 2.05) is 56.3 Å². The SMILES string of the molecule is COc1ccccc1-c1nc(C(=O)Nc2ccc(C)c(-n3nnnc3C)c2)cs1. The number of nitrogens with one attached hydrogen (secondary N) is 1. The van der Waals surface area contributed by atoms with Gasteiger partial charge in [-0.05, 0) is 54.1 Å². The summed E-state index contributed by atoms with van der Waals surface area (Å²) >= 11 is 1.39. The first kappa shape index (κ1) is 18.8. The molecular weight excluding hydrogens is 388 g/mol. The molecule has 0 aliphatic heterocycles. The van der Waals surface area contributed by atoms with Crippen LogP contribution in [-0.4, -0.2) is 38.2 Å². The Bertz CT molecular complexity index is 1180. The van der Waals surface area contributed by atoms with Gasteiger partial charge in [0, 0.05) is 11.1 Å². The number of benzene rings is 2. The Hall–Kier alpha value is -3.59. The maximum Gasteiger partial charge on any atom is 0.275 e. The summed E-state index contributed by atoms with van der Waals surface area (Å²) in [4.78, 5) is 17.2. The van der Waals surface area contributed by atoms with Gasteiger partial charge in [0.15, 0.2) is 5.82 Å². The van der Waals surface area contributed by atoms with E-state index in [1.165, 1.54) is 11.3 Å². The zero-order chi connectivity index (χ0) is 20.4. The topological polar surface area (TPSA) is 94.8 Å². The molecule has 0 saturated carbocycles. The lowest BCUT2D eigenvalue weighted by Crippen LogP contribution is -2.13. The number of aromatic nitrogens is 5. The van der Waals surface area contributed by atoms with Gasteiger partial charge < -0.3 is 10.1 Å². The van der Waals surface area contributed by atoms with Gasteiger partial charge in [-0.1, -0.05) is 18.2 Å². The van der Waals surface area contributed by atoms with Gasteiger partial charge in [0.1, 0.15) is 16.5 Å². The van der Waals surface area contributed by atoms with Crippen molar-refractivity contribution in [1.82, 2.24) is 25.2 Å². The second kappa shape index (κ2) is 7.80. The first-order chi connectivity index (χ1) is 14.1. The second-order valence-corrected chi connectivity index (χ2v) is 7.19. The van der Waals surface area contributed by atoms with Crippen molar-refractivity contribution in [2.45, 2.75) is 13.8 Å². The minimum Gasteiger partial charge on any atom is -0.496 e. The average Bonchev–Trinajstić information content (AvgIpc) is 3.39. The molecule has 0 spiro atoms. The summed E-state index contributed by atoms with van der Waals surface area (Å²) in [5.41, 5.74) is 3.63. The van der Waals surface area contributed by atoms with Crippen molar-refractivity contribution in [3.05, 3.63) is 64.9 Å². The van der Waals surface area contributed by atoms with E-state index < -0.39 is 0 Å². The van der Waals surface area contributed by atoms with Crippen LogP contribution in [0.5, 0.6) is 5.75 Å². The normalized spacial score (nSPS) is 10.7. The van der Waals surface area contributed by atoms with Crippen molar-refractivity contribution in [2.24, 2.45) is 0 Å². The Labute approximate surface area is 171 Å². The van der Waals surface area contributed by atoms with Crippen molar-refractivity contribution >= 4 is 22.9 Å². The van der Waals surface area contributed by atoms with Crippen molar-refractivity contribution in [2.75, 3.05) is 12.4 Å². The number of hydrogen-bond donors (Lipinski definition) is 1. The van der Waals surface area contributed by atoms with Gasteiger partial charge in [0.05, 0.1) is 18.4 Å². The fraction of sp³-hybridized carbons (Fsp3) is 0.150. The first-order valence-electron chi connectivity index (χ1n) is 8.83. The molecular formula is C20H18N6O2S. The molecule has 0 aliphatic carbocycles. The van der Waals surface area contributed by atoms with Gasteiger partial charge in [-0.3, -0.25) is 4.79 Å². The summed E-state index contributed by atoms with van der Waals surface area (Å²) in [6.45, 7) is 3.78. The van der Waals surface area contributed by atoms with E-state index in [0.29, 0.717) is 23.0 Å². The molecule has 0 fully saturated rings. The molecule has 4 rings (SSSR count). The number of ether oxygens (including phenoxy) is 1. The van der Waals surface area contributed by atoms with E-state index in [0.717, 1.165) is 21.8 Å². The van der Waals surface area contributed by atoms with Gasteiger partial charge in [-0.15, -0.1) is 16.4 Å². The van der Waals surface area contributed by atoms with Gasteiger partial charge in [0.25, 0.3) is 5.91 Å². The van der Waals surface area contributed by atoms with E-state index in [1.54, 1.807) is 17.2 Å². The maximum absolute atomic E-state index is 12.7. The van der Waals surface area contributed by atoms with Gasteiger partial charge in [0.2, 0.25) is 0 Å². The molecule has 8 nitrogen and oxygen atoms in total. The maximum atomic E-state index is 12.7. The molecule has 0 aliphatic rings. The van der Waals surface area contributed by atoms with Crippen molar-refractivity contribution in [1.29, 1.82) is 0 Å². The predicted octanol–water partition coefficient (Wildman–Crippen LogP) is 3.66. The Balaban J connectivity index is 1.58. The summed E-state index contributed by atoms with van der Waals surface area (Å²) in [6.07, 6.45) is 0. The molecule has 4 aromatic rings. The molecule has 2 aromatic heterocycles. The molecule has 1 N–H and O–H groups in total. The lowest BCUT2D eigenvalue weighted by atomic mass is 10.1. The van der Waals surface area contributed by atoms with Gasteiger partial charge in [-0.2, -0.15) is 4.68 Å². The number of aryl methyl sites for hydroxylation is 2. The largest absolute Gasteiger partial charge is 0.496 e. The van der Waals surface area contributed by atoms with E-state index in [-0.39, 0.29) is 5.91 Å². The van der Waals surface area contributed by atoms with Crippen molar-refractivity contribution in [3.8, 4) is 22.0 Å². The van der Waals surface area contributed by atoms with Crippen LogP contribution in [0.2, 0.25) is 0 Å². The van der Waals surface area contributed by atoms with Crippen LogP contribution >= 0.6 is 11.3 Å². The number of amides is 1. The van der Waals surface area contributed by atoms with Gasteiger partial charge in [-0.25, -0.2) is 4.98 Å². The minimum atomic E-state index is -0.286. The Morgan fingerprint density at radius 3 is 2.76 bits per heavy atom. The van der Waals surface area contributed by atoms with Crippen LogP contribution < -0.4 is 10.1 Å². The molecule has 0 atom stereocenters. The van der Waals surface area contributed by atoms with Crippen LogP contribution in [0.15, 0.2) is 47.8 Å². The molecule has 0 bridgehead atoms. The zero-order valence-electron chi connectivity index (χ0n) is 16.1. The fourth-order valence-corrected chi connectivity index (χ4v) is 3.72. The molecule has 9 heteroatoms.